The van der Waals surface area contributed by atoms with Crippen LogP contribution in [-0.2, 0) is 0 Å². The highest BCUT2D eigenvalue weighted by Gasteiger charge is 2.12. The van der Waals surface area contributed by atoms with Gasteiger partial charge in [0.25, 0.3) is 0 Å². The predicted molar refractivity (Wildman–Crippen MR) is 54.8 cm³/mol. The van der Waals surface area contributed by atoms with Crippen LogP contribution in [0.5, 0.6) is 0 Å². The van der Waals surface area contributed by atoms with Gasteiger partial charge in [-0.15, -0.1) is 0 Å². The van der Waals surface area contributed by atoms with E-state index in [-0.39, 0.29) is 0 Å². The Bertz CT molecular complexity index is 143. The van der Waals surface area contributed by atoms with Crippen LogP contribution in [0.2, 0.25) is 0 Å². The van der Waals surface area contributed by atoms with Gasteiger partial charge in [0.1, 0.15) is 0 Å². The van der Waals surface area contributed by atoms with E-state index in [0.717, 1.165) is 0 Å². The third kappa shape index (κ3) is 3.36. The lowest BCUT2D eigenvalue weighted by Crippen LogP contribution is -2.48. The smallest absolute Gasteiger partial charge is 0.180 e. The Kier molecular flexibility index (Phi) is 4.32. The van der Waals surface area contributed by atoms with Gasteiger partial charge in [-0.1, -0.05) is 19.3 Å². The highest BCUT2D eigenvalue weighted by molar-refractivity contribution is 7.80. The molecule has 12 heavy (non-hydrogen) atoms. The van der Waals surface area contributed by atoms with Gasteiger partial charge >= 0.3 is 0 Å². The SMILES string of the molecule is CNC(=S)NNC1CCCCC1. The highest BCUT2D eigenvalue weighted by Crippen LogP contribution is 2.16. The first-order valence-corrected chi connectivity index (χ1v) is 4.97. The van der Waals surface area contributed by atoms with Crippen molar-refractivity contribution < 1.29 is 0 Å². The Morgan fingerprint density at radius 2 is 1.92 bits per heavy atom. The summed E-state index contributed by atoms with van der Waals surface area (Å²) in [5.74, 6) is 0. The fourth-order valence-corrected chi connectivity index (χ4v) is 1.54. The Balaban J connectivity index is 2.09. The van der Waals surface area contributed by atoms with E-state index in [4.69, 9.17) is 12.2 Å². The topological polar surface area (TPSA) is 36.1 Å². The summed E-state index contributed by atoms with van der Waals surface area (Å²) in [7, 11) is 1.82. The molecule has 0 spiro atoms. The van der Waals surface area contributed by atoms with E-state index in [1.165, 1.54) is 32.1 Å². The molecule has 0 atom stereocenters. The van der Waals surface area contributed by atoms with Crippen LogP contribution in [0.1, 0.15) is 32.1 Å². The Labute approximate surface area is 79.3 Å². The fourth-order valence-electron chi connectivity index (χ4n) is 1.48. The zero-order valence-corrected chi connectivity index (χ0v) is 8.34. The summed E-state index contributed by atoms with van der Waals surface area (Å²) in [6, 6.07) is 0.602. The van der Waals surface area contributed by atoms with Crippen LogP contribution in [0, 0.1) is 0 Å². The number of nitrogens with one attached hydrogen (secondary N) is 3. The molecule has 1 aliphatic carbocycles. The molecule has 0 radical (unpaired) electrons. The summed E-state index contributed by atoms with van der Waals surface area (Å²) >= 11 is 4.94. The zero-order valence-electron chi connectivity index (χ0n) is 7.52. The van der Waals surface area contributed by atoms with Gasteiger partial charge in [0.15, 0.2) is 5.11 Å². The normalized spacial score (nSPS) is 18.8. The van der Waals surface area contributed by atoms with E-state index >= 15 is 0 Å². The van der Waals surface area contributed by atoms with Crippen LogP contribution >= 0.6 is 12.2 Å². The van der Waals surface area contributed by atoms with E-state index < -0.39 is 0 Å². The number of hydrogen-bond acceptors (Lipinski definition) is 2. The molecule has 1 saturated carbocycles. The summed E-state index contributed by atoms with van der Waals surface area (Å²) in [4.78, 5) is 0. The lowest BCUT2D eigenvalue weighted by Gasteiger charge is -2.23. The van der Waals surface area contributed by atoms with Crippen molar-refractivity contribution in [3.63, 3.8) is 0 Å². The van der Waals surface area contributed by atoms with E-state index in [2.05, 4.69) is 16.2 Å². The van der Waals surface area contributed by atoms with Gasteiger partial charge in [0.05, 0.1) is 0 Å². The van der Waals surface area contributed by atoms with Crippen molar-refractivity contribution in [3.8, 4) is 0 Å². The Hall–Kier alpha value is -0.350. The summed E-state index contributed by atoms with van der Waals surface area (Å²) in [6.07, 6.45) is 6.59. The van der Waals surface area contributed by atoms with Crippen molar-refractivity contribution in [1.29, 1.82) is 0 Å². The number of rotatable bonds is 2. The van der Waals surface area contributed by atoms with Crippen LogP contribution < -0.4 is 16.2 Å². The lowest BCUT2D eigenvalue weighted by atomic mass is 9.96. The van der Waals surface area contributed by atoms with Gasteiger partial charge in [0.2, 0.25) is 0 Å². The fraction of sp³-hybridized carbons (Fsp3) is 0.875. The van der Waals surface area contributed by atoms with Gasteiger partial charge in [-0.25, -0.2) is 5.43 Å². The molecule has 0 bridgehead atoms. The van der Waals surface area contributed by atoms with Crippen molar-refractivity contribution in [1.82, 2.24) is 16.2 Å². The van der Waals surface area contributed by atoms with E-state index in [0.29, 0.717) is 11.2 Å². The quantitative estimate of drug-likeness (QED) is 0.444. The van der Waals surface area contributed by atoms with Crippen molar-refractivity contribution in [2.24, 2.45) is 0 Å². The number of thiocarbonyl (C=S) groups is 1. The molecule has 0 saturated heterocycles. The van der Waals surface area contributed by atoms with Crippen molar-refractivity contribution in [2.45, 2.75) is 38.1 Å². The molecule has 0 aliphatic heterocycles. The molecule has 4 heteroatoms. The standard InChI is InChI=1S/C8H17N3S/c1-9-8(12)11-10-7-5-3-2-4-6-7/h7,10H,2-6H2,1H3,(H2,9,11,12). The number of hydrogen-bond donors (Lipinski definition) is 3. The van der Waals surface area contributed by atoms with Crippen LogP contribution in [0.4, 0.5) is 0 Å². The third-order valence-corrected chi connectivity index (χ3v) is 2.53. The first kappa shape index (κ1) is 9.74. The molecule has 0 aromatic heterocycles. The second-order valence-electron chi connectivity index (χ2n) is 3.18. The molecular weight excluding hydrogens is 170 g/mol. The minimum atomic E-state index is 0.602. The van der Waals surface area contributed by atoms with E-state index in [1.807, 2.05) is 7.05 Å². The van der Waals surface area contributed by atoms with Crippen molar-refractivity contribution >= 4 is 17.3 Å². The monoisotopic (exact) mass is 187 g/mol. The molecule has 0 heterocycles. The molecule has 1 fully saturated rings. The van der Waals surface area contributed by atoms with Gasteiger partial charge in [-0.3, -0.25) is 5.43 Å². The molecule has 0 unspecified atom stereocenters. The molecule has 0 amide bonds. The van der Waals surface area contributed by atoms with Gasteiger partial charge in [-0.2, -0.15) is 0 Å². The summed E-state index contributed by atoms with van der Waals surface area (Å²) < 4.78 is 0. The second kappa shape index (κ2) is 5.32. The maximum atomic E-state index is 4.94. The maximum Gasteiger partial charge on any atom is 0.180 e. The molecule has 1 rings (SSSR count). The summed E-state index contributed by atoms with van der Waals surface area (Å²) in [5, 5.41) is 3.53. The van der Waals surface area contributed by atoms with Gasteiger partial charge < -0.3 is 5.32 Å². The van der Waals surface area contributed by atoms with E-state index in [9.17, 15) is 0 Å². The molecule has 1 aliphatic rings. The van der Waals surface area contributed by atoms with Crippen LogP contribution in [0.25, 0.3) is 0 Å². The average molecular weight is 187 g/mol. The van der Waals surface area contributed by atoms with Crippen molar-refractivity contribution in [3.05, 3.63) is 0 Å². The molecule has 70 valence electrons. The minimum absolute atomic E-state index is 0.602. The van der Waals surface area contributed by atoms with Gasteiger partial charge in [0, 0.05) is 13.1 Å². The number of hydrazine groups is 1. The lowest BCUT2D eigenvalue weighted by molar-refractivity contribution is 0.360. The summed E-state index contributed by atoms with van der Waals surface area (Å²) in [5.41, 5.74) is 6.19. The molecule has 0 aromatic rings. The molecular formula is C8H17N3S. The Morgan fingerprint density at radius 3 is 2.50 bits per heavy atom. The van der Waals surface area contributed by atoms with Crippen LogP contribution in [0.3, 0.4) is 0 Å². The molecule has 3 N–H and O–H groups in total. The first-order valence-electron chi connectivity index (χ1n) is 4.56. The van der Waals surface area contributed by atoms with Gasteiger partial charge in [-0.05, 0) is 25.1 Å². The molecule has 3 nitrogen and oxygen atoms in total. The van der Waals surface area contributed by atoms with E-state index in [1.54, 1.807) is 0 Å². The van der Waals surface area contributed by atoms with Crippen molar-refractivity contribution in [2.75, 3.05) is 7.05 Å². The third-order valence-electron chi connectivity index (χ3n) is 2.22. The Morgan fingerprint density at radius 1 is 1.25 bits per heavy atom. The first-order chi connectivity index (χ1) is 5.83. The largest absolute Gasteiger partial charge is 0.365 e. The minimum Gasteiger partial charge on any atom is -0.365 e. The average Bonchev–Trinajstić information content (AvgIpc) is 2.16. The zero-order chi connectivity index (χ0) is 8.81. The highest BCUT2D eigenvalue weighted by atomic mass is 32.1. The molecule has 0 aromatic carbocycles. The van der Waals surface area contributed by atoms with Crippen LogP contribution in [-0.4, -0.2) is 18.2 Å². The summed E-state index contributed by atoms with van der Waals surface area (Å²) in [6.45, 7) is 0. The van der Waals surface area contributed by atoms with Crippen LogP contribution in [0.15, 0.2) is 0 Å². The maximum absolute atomic E-state index is 4.94. The predicted octanol–water partition coefficient (Wildman–Crippen LogP) is 0.918. The second-order valence-corrected chi connectivity index (χ2v) is 3.59.